The van der Waals surface area contributed by atoms with Crippen LogP contribution in [0.5, 0.6) is 17.2 Å². The number of ether oxygens (including phenoxy) is 3. The van der Waals surface area contributed by atoms with Gasteiger partial charge in [-0.25, -0.2) is 0 Å². The van der Waals surface area contributed by atoms with E-state index in [0.717, 1.165) is 24.0 Å². The van der Waals surface area contributed by atoms with Gasteiger partial charge in [0.1, 0.15) is 11.3 Å². The number of unbranched alkanes of at least 4 members (excludes halogenated alkanes) is 1. The molecule has 3 aromatic carbocycles. The second-order valence-electron chi connectivity index (χ2n) is 9.84. The maximum atomic E-state index is 14.1. The average molecular weight is 562 g/mol. The molecule has 2 heterocycles. The van der Waals surface area contributed by atoms with E-state index < -0.39 is 11.9 Å². The molecule has 0 aliphatic carbocycles. The molecule has 0 bridgehead atoms. The third-order valence-electron chi connectivity index (χ3n) is 7.24. The molecule has 208 valence electrons. The quantitative estimate of drug-likeness (QED) is 0.198. The van der Waals surface area contributed by atoms with E-state index in [4.69, 9.17) is 30.2 Å². The lowest BCUT2D eigenvalue weighted by Gasteiger charge is -2.26. The molecule has 8 heteroatoms. The first-order chi connectivity index (χ1) is 19.3. The first-order valence-corrected chi connectivity index (χ1v) is 13.8. The van der Waals surface area contributed by atoms with Crippen LogP contribution in [-0.4, -0.2) is 26.2 Å². The summed E-state index contributed by atoms with van der Waals surface area (Å²) in [5.41, 5.74) is 3.52. The van der Waals surface area contributed by atoms with Crippen molar-refractivity contribution in [1.29, 1.82) is 0 Å². The number of benzene rings is 3. The summed E-state index contributed by atoms with van der Waals surface area (Å²) in [5, 5.41) is 0.770. The number of halogens is 1. The smallest absolute Gasteiger partial charge is 0.295 e. The highest BCUT2D eigenvalue weighted by Gasteiger charge is 2.44. The molecule has 4 aromatic rings. The van der Waals surface area contributed by atoms with E-state index in [-0.39, 0.29) is 16.8 Å². The van der Waals surface area contributed by atoms with Crippen LogP contribution in [0.3, 0.4) is 0 Å². The van der Waals surface area contributed by atoms with Crippen molar-refractivity contribution in [2.24, 2.45) is 0 Å². The van der Waals surface area contributed by atoms with E-state index in [1.807, 2.05) is 45.0 Å². The number of fused-ring (bicyclic) bond motifs is 2. The van der Waals surface area contributed by atoms with Gasteiger partial charge in [-0.3, -0.25) is 14.5 Å². The lowest BCUT2D eigenvalue weighted by atomic mass is 9.97. The predicted octanol–water partition coefficient (Wildman–Crippen LogP) is 7.40. The summed E-state index contributed by atoms with van der Waals surface area (Å²) in [6, 6.07) is 13.5. The summed E-state index contributed by atoms with van der Waals surface area (Å²) in [6.07, 6.45) is 1.92. The second kappa shape index (κ2) is 11.3. The Kier molecular flexibility index (Phi) is 7.76. The van der Waals surface area contributed by atoms with Gasteiger partial charge < -0.3 is 18.6 Å². The van der Waals surface area contributed by atoms with E-state index >= 15 is 0 Å². The lowest BCUT2D eigenvalue weighted by molar-refractivity contribution is 0.0971. The van der Waals surface area contributed by atoms with Crippen molar-refractivity contribution < 1.29 is 23.4 Å². The van der Waals surface area contributed by atoms with Crippen LogP contribution in [0.4, 0.5) is 5.69 Å². The van der Waals surface area contributed by atoms with Gasteiger partial charge in [-0.2, -0.15) is 0 Å². The van der Waals surface area contributed by atoms with E-state index in [9.17, 15) is 9.59 Å². The van der Waals surface area contributed by atoms with Gasteiger partial charge >= 0.3 is 0 Å². The molecule has 1 aromatic heterocycles. The molecule has 5 rings (SSSR count). The van der Waals surface area contributed by atoms with Crippen molar-refractivity contribution >= 4 is 34.2 Å². The molecule has 1 aliphatic heterocycles. The van der Waals surface area contributed by atoms with Crippen LogP contribution in [0.15, 0.2) is 57.7 Å². The summed E-state index contributed by atoms with van der Waals surface area (Å²) in [6.45, 7) is 8.87. The van der Waals surface area contributed by atoms with Crippen LogP contribution in [-0.2, 0) is 0 Å². The summed E-state index contributed by atoms with van der Waals surface area (Å²) >= 11 is 6.48. The average Bonchev–Trinajstić information content (AvgIpc) is 3.23. The first kappa shape index (κ1) is 27.6. The predicted molar refractivity (Wildman–Crippen MR) is 157 cm³/mol. The number of anilines is 1. The van der Waals surface area contributed by atoms with Crippen LogP contribution in [0.2, 0.25) is 5.02 Å². The van der Waals surface area contributed by atoms with Gasteiger partial charge in [0.05, 0.1) is 42.3 Å². The number of nitrogens with zero attached hydrogens (tertiary/aromatic N) is 1. The van der Waals surface area contributed by atoms with Crippen LogP contribution < -0.4 is 24.5 Å². The normalized spacial score (nSPS) is 14.5. The number of hydrogen-bond acceptors (Lipinski definition) is 6. The zero-order valence-electron chi connectivity index (χ0n) is 23.3. The van der Waals surface area contributed by atoms with Crippen LogP contribution >= 0.6 is 11.6 Å². The largest absolute Gasteiger partial charge is 0.495 e. The Morgan fingerprint density at radius 2 is 1.68 bits per heavy atom. The molecule has 1 aliphatic rings. The van der Waals surface area contributed by atoms with Crippen LogP contribution in [0.25, 0.3) is 11.0 Å². The highest BCUT2D eigenvalue weighted by atomic mass is 35.5. The van der Waals surface area contributed by atoms with Gasteiger partial charge in [0.2, 0.25) is 5.76 Å². The third kappa shape index (κ3) is 4.79. The van der Waals surface area contributed by atoms with Gasteiger partial charge in [0, 0.05) is 5.69 Å². The van der Waals surface area contributed by atoms with Crippen molar-refractivity contribution in [3.8, 4) is 17.2 Å². The highest BCUT2D eigenvalue weighted by molar-refractivity contribution is 6.32. The Hall–Kier alpha value is -3.97. The molecule has 0 saturated heterocycles. The standard InChI is InChI=1S/C32H32ClNO6/c1-6-8-13-39-25-11-9-20(16-27(25)38-7-2)29-28-30(35)22-14-18(3)19(4)15-26(22)40-31(28)32(36)34(29)21-10-12-24(37-5)23(33)17-21/h9-12,14-17,29H,6-8,13H2,1-5H3. The van der Waals surface area contributed by atoms with Crippen LogP contribution in [0, 0.1) is 13.8 Å². The van der Waals surface area contributed by atoms with Gasteiger partial charge in [-0.05, 0) is 86.3 Å². The number of rotatable bonds is 9. The second-order valence-corrected chi connectivity index (χ2v) is 10.3. The molecule has 0 spiro atoms. The number of hydrogen-bond donors (Lipinski definition) is 0. The topological polar surface area (TPSA) is 78.2 Å². The molecule has 7 nitrogen and oxygen atoms in total. The third-order valence-corrected chi connectivity index (χ3v) is 7.53. The number of methoxy groups -OCH3 is 1. The van der Waals surface area contributed by atoms with Crippen molar-refractivity contribution in [3.05, 3.63) is 91.8 Å². The summed E-state index contributed by atoms with van der Waals surface area (Å²) in [7, 11) is 1.53. The van der Waals surface area contributed by atoms with E-state index in [0.29, 0.717) is 57.7 Å². The molecule has 0 fully saturated rings. The minimum absolute atomic E-state index is 0.0129. The zero-order chi connectivity index (χ0) is 28.6. The lowest BCUT2D eigenvalue weighted by Crippen LogP contribution is -2.29. The Morgan fingerprint density at radius 3 is 2.38 bits per heavy atom. The summed E-state index contributed by atoms with van der Waals surface area (Å²) in [4.78, 5) is 29.6. The highest BCUT2D eigenvalue weighted by Crippen LogP contribution is 2.44. The molecule has 1 amide bonds. The molecule has 0 radical (unpaired) electrons. The van der Waals surface area contributed by atoms with Gasteiger partial charge in [0.15, 0.2) is 16.9 Å². The van der Waals surface area contributed by atoms with E-state index in [1.54, 1.807) is 29.2 Å². The van der Waals surface area contributed by atoms with Gasteiger partial charge in [-0.15, -0.1) is 0 Å². The first-order valence-electron chi connectivity index (χ1n) is 13.4. The molecular formula is C32H32ClNO6. The van der Waals surface area contributed by atoms with E-state index in [1.165, 1.54) is 7.11 Å². The van der Waals surface area contributed by atoms with Gasteiger partial charge in [-0.1, -0.05) is 31.0 Å². The summed E-state index contributed by atoms with van der Waals surface area (Å²) in [5.74, 6) is 1.21. The monoisotopic (exact) mass is 561 g/mol. The number of carbonyl (C=O) groups excluding carboxylic acids is 1. The summed E-state index contributed by atoms with van der Waals surface area (Å²) < 4.78 is 23.4. The maximum absolute atomic E-state index is 14.1. The minimum atomic E-state index is -0.780. The fourth-order valence-corrected chi connectivity index (χ4v) is 5.28. The van der Waals surface area contributed by atoms with E-state index in [2.05, 4.69) is 6.92 Å². The molecule has 1 unspecified atom stereocenters. The molecule has 1 atom stereocenters. The zero-order valence-corrected chi connectivity index (χ0v) is 24.1. The maximum Gasteiger partial charge on any atom is 0.295 e. The number of amides is 1. The Bertz CT molecular complexity index is 1660. The van der Waals surface area contributed by atoms with Gasteiger partial charge in [0.25, 0.3) is 5.91 Å². The fraction of sp³-hybridized carbons (Fsp3) is 0.312. The molecular weight excluding hydrogens is 530 g/mol. The Balaban J connectivity index is 1.74. The molecule has 0 saturated carbocycles. The number of aryl methyl sites for hydroxylation is 2. The van der Waals surface area contributed by atoms with Crippen molar-refractivity contribution in [2.45, 2.75) is 46.6 Å². The number of carbonyl (C=O) groups is 1. The Labute approximate surface area is 238 Å². The molecule has 0 N–H and O–H groups in total. The fourth-order valence-electron chi connectivity index (χ4n) is 5.02. The van der Waals surface area contributed by atoms with Crippen molar-refractivity contribution in [3.63, 3.8) is 0 Å². The van der Waals surface area contributed by atoms with Crippen LogP contribution in [0.1, 0.15) is 65.5 Å². The minimum Gasteiger partial charge on any atom is -0.495 e. The Morgan fingerprint density at radius 1 is 0.925 bits per heavy atom. The molecule has 40 heavy (non-hydrogen) atoms. The van der Waals surface area contributed by atoms with Crippen molar-refractivity contribution in [2.75, 3.05) is 25.2 Å². The van der Waals surface area contributed by atoms with Crippen molar-refractivity contribution in [1.82, 2.24) is 0 Å². The SMILES string of the molecule is CCCCOc1ccc(C2c3c(oc4cc(C)c(C)cc4c3=O)C(=O)N2c2ccc(OC)c(Cl)c2)cc1OCC.